The van der Waals surface area contributed by atoms with E-state index in [2.05, 4.69) is 52.2 Å². The van der Waals surface area contributed by atoms with Gasteiger partial charge < -0.3 is 26.3 Å². The van der Waals surface area contributed by atoms with Gasteiger partial charge in [-0.15, -0.1) is 0 Å². The lowest BCUT2D eigenvalue weighted by Gasteiger charge is -2.38. The summed E-state index contributed by atoms with van der Waals surface area (Å²) in [7, 11) is 4.46. The molecule has 21 heavy (non-hydrogen) atoms. The highest BCUT2D eigenvalue weighted by molar-refractivity contribution is 5.59. The van der Waals surface area contributed by atoms with Crippen molar-refractivity contribution in [1.29, 1.82) is 0 Å². The third kappa shape index (κ3) is 6.75. The molecule has 0 aromatic heterocycles. The van der Waals surface area contributed by atoms with Gasteiger partial charge >= 0.3 is 0 Å². The van der Waals surface area contributed by atoms with Gasteiger partial charge in [0.15, 0.2) is 0 Å². The van der Waals surface area contributed by atoms with Crippen LogP contribution in [0.25, 0.3) is 0 Å². The lowest BCUT2D eigenvalue weighted by atomic mass is 9.80. The number of nitrogens with zero attached hydrogens (tertiary/aromatic N) is 1. The third-order valence-electron chi connectivity index (χ3n) is 4.18. The smallest absolute Gasteiger partial charge is 0.131 e. The number of carbonyl (C=O) groups is 1. The SMILES string of the molecule is CCCCC(C=O)(CC)C[N+](C)(C)Cc1ccccc1.[Br-]. The molecule has 1 unspecified atom stereocenters. The summed E-state index contributed by atoms with van der Waals surface area (Å²) in [5, 5.41) is 0. The molecule has 0 aliphatic heterocycles. The molecule has 0 fully saturated rings. The second-order valence-electron chi connectivity index (χ2n) is 6.67. The summed E-state index contributed by atoms with van der Waals surface area (Å²) in [4.78, 5) is 11.7. The highest BCUT2D eigenvalue weighted by atomic mass is 79.9. The molecule has 0 N–H and O–H groups in total. The van der Waals surface area contributed by atoms with E-state index in [0.717, 1.165) is 43.3 Å². The Morgan fingerprint density at radius 3 is 2.24 bits per heavy atom. The molecule has 0 aliphatic carbocycles. The van der Waals surface area contributed by atoms with Crippen LogP contribution in [0.4, 0.5) is 0 Å². The minimum absolute atomic E-state index is 0. The van der Waals surface area contributed by atoms with Gasteiger partial charge in [0, 0.05) is 5.56 Å². The largest absolute Gasteiger partial charge is 1.00 e. The molecule has 1 aromatic rings. The van der Waals surface area contributed by atoms with Gasteiger partial charge in [0.2, 0.25) is 0 Å². The van der Waals surface area contributed by atoms with Crippen LogP contribution in [-0.2, 0) is 11.3 Å². The molecule has 0 spiro atoms. The molecule has 0 radical (unpaired) electrons. The maximum Gasteiger partial charge on any atom is 0.131 e. The van der Waals surface area contributed by atoms with Crippen molar-refractivity contribution in [3.63, 3.8) is 0 Å². The number of aldehydes is 1. The molecule has 1 rings (SSSR count). The lowest BCUT2D eigenvalue weighted by Crippen LogP contribution is -3.00. The lowest BCUT2D eigenvalue weighted by molar-refractivity contribution is -0.908. The Bertz CT molecular complexity index is 405. The number of carbonyl (C=O) groups excluding carboxylic acids is 1. The van der Waals surface area contributed by atoms with E-state index in [0.29, 0.717) is 0 Å². The van der Waals surface area contributed by atoms with Crippen molar-refractivity contribution >= 4 is 6.29 Å². The van der Waals surface area contributed by atoms with E-state index in [9.17, 15) is 4.79 Å². The Balaban J connectivity index is 0.00000400. The van der Waals surface area contributed by atoms with Crippen LogP contribution in [0.15, 0.2) is 30.3 Å². The van der Waals surface area contributed by atoms with Crippen molar-refractivity contribution in [2.24, 2.45) is 5.41 Å². The van der Waals surface area contributed by atoms with Crippen LogP contribution < -0.4 is 17.0 Å². The Morgan fingerprint density at radius 2 is 1.76 bits per heavy atom. The van der Waals surface area contributed by atoms with Gasteiger partial charge in [0.1, 0.15) is 12.8 Å². The van der Waals surface area contributed by atoms with Crippen LogP contribution in [-0.4, -0.2) is 31.4 Å². The quantitative estimate of drug-likeness (QED) is 0.478. The van der Waals surface area contributed by atoms with Crippen molar-refractivity contribution in [3.8, 4) is 0 Å². The Hall–Kier alpha value is -0.670. The summed E-state index contributed by atoms with van der Waals surface area (Å²) in [6, 6.07) is 10.5. The number of quaternary nitrogens is 1. The predicted molar refractivity (Wildman–Crippen MR) is 85.4 cm³/mol. The summed E-state index contributed by atoms with van der Waals surface area (Å²) < 4.78 is 0.861. The molecule has 0 saturated heterocycles. The summed E-state index contributed by atoms with van der Waals surface area (Å²) in [5.74, 6) is 0. The van der Waals surface area contributed by atoms with Crippen LogP contribution in [0.1, 0.15) is 45.1 Å². The first-order valence-electron chi connectivity index (χ1n) is 7.79. The van der Waals surface area contributed by atoms with Crippen LogP contribution in [0, 0.1) is 5.41 Å². The molecule has 1 atom stereocenters. The molecule has 0 heterocycles. The standard InChI is InChI=1S/C18H30NO.BrH/c1-5-7-13-18(6-2,16-20)15-19(3,4)14-17-11-9-8-10-12-17;/h8-12,16H,5-7,13-15H2,1-4H3;1H/q+1;/p-1. The molecule has 3 heteroatoms. The zero-order chi connectivity index (χ0) is 15.1. The first-order valence-corrected chi connectivity index (χ1v) is 7.79. The molecule has 0 aliphatic rings. The number of hydrogen-bond acceptors (Lipinski definition) is 1. The van der Waals surface area contributed by atoms with E-state index in [1.165, 1.54) is 11.8 Å². The van der Waals surface area contributed by atoms with E-state index >= 15 is 0 Å². The fourth-order valence-corrected chi connectivity index (χ4v) is 3.06. The summed E-state index contributed by atoms with van der Waals surface area (Å²) in [5.41, 5.74) is 1.18. The van der Waals surface area contributed by atoms with E-state index in [4.69, 9.17) is 0 Å². The number of hydrogen-bond donors (Lipinski definition) is 0. The first kappa shape index (κ1) is 20.3. The highest BCUT2D eigenvalue weighted by Crippen LogP contribution is 2.30. The van der Waals surface area contributed by atoms with Crippen LogP contribution >= 0.6 is 0 Å². The highest BCUT2D eigenvalue weighted by Gasteiger charge is 2.35. The van der Waals surface area contributed by atoms with Crippen molar-refractivity contribution in [2.45, 2.75) is 46.1 Å². The van der Waals surface area contributed by atoms with Crippen LogP contribution in [0.5, 0.6) is 0 Å². The van der Waals surface area contributed by atoms with Gasteiger partial charge in [-0.25, -0.2) is 0 Å². The molecular weight excluding hydrogens is 326 g/mol. The molecule has 0 saturated carbocycles. The molecular formula is C18H30BrNO. The van der Waals surface area contributed by atoms with Crippen molar-refractivity contribution in [1.82, 2.24) is 0 Å². The summed E-state index contributed by atoms with van der Waals surface area (Å²) in [6.07, 6.45) is 5.46. The van der Waals surface area contributed by atoms with Crippen LogP contribution in [0.2, 0.25) is 0 Å². The summed E-state index contributed by atoms with van der Waals surface area (Å²) >= 11 is 0. The van der Waals surface area contributed by atoms with E-state index in [1.54, 1.807) is 0 Å². The number of halogens is 1. The van der Waals surface area contributed by atoms with E-state index in [-0.39, 0.29) is 22.4 Å². The Morgan fingerprint density at radius 1 is 1.14 bits per heavy atom. The van der Waals surface area contributed by atoms with Crippen molar-refractivity contribution in [3.05, 3.63) is 35.9 Å². The molecule has 2 nitrogen and oxygen atoms in total. The van der Waals surface area contributed by atoms with Gasteiger partial charge in [-0.05, 0) is 12.8 Å². The van der Waals surface area contributed by atoms with Crippen molar-refractivity contribution < 1.29 is 26.3 Å². The summed E-state index contributed by atoms with van der Waals surface area (Å²) in [6.45, 7) is 6.23. The van der Waals surface area contributed by atoms with E-state index in [1.807, 2.05) is 6.07 Å². The maximum atomic E-state index is 11.7. The minimum atomic E-state index is -0.158. The van der Waals surface area contributed by atoms with Gasteiger partial charge in [0.25, 0.3) is 0 Å². The second kappa shape index (κ2) is 9.37. The molecule has 1 aromatic carbocycles. The topological polar surface area (TPSA) is 17.1 Å². The second-order valence-corrected chi connectivity index (χ2v) is 6.67. The molecule has 0 amide bonds. The van der Waals surface area contributed by atoms with Gasteiger partial charge in [-0.2, -0.15) is 0 Å². The first-order chi connectivity index (χ1) is 9.47. The Kier molecular flexibility index (Phi) is 9.07. The zero-order valence-corrected chi connectivity index (χ0v) is 15.5. The Labute approximate surface area is 140 Å². The van der Waals surface area contributed by atoms with Gasteiger partial charge in [0.05, 0.1) is 26.1 Å². The number of rotatable bonds is 9. The average Bonchev–Trinajstić information content (AvgIpc) is 2.44. The van der Waals surface area contributed by atoms with Gasteiger partial charge in [-0.1, -0.05) is 57.0 Å². The zero-order valence-electron chi connectivity index (χ0n) is 13.9. The minimum Gasteiger partial charge on any atom is -1.00 e. The van der Waals surface area contributed by atoms with E-state index < -0.39 is 0 Å². The maximum absolute atomic E-state index is 11.7. The fourth-order valence-electron chi connectivity index (χ4n) is 3.06. The number of benzene rings is 1. The van der Waals surface area contributed by atoms with Crippen LogP contribution in [0.3, 0.4) is 0 Å². The predicted octanol–water partition coefficient (Wildman–Crippen LogP) is 1.05. The normalized spacial score (nSPS) is 14.1. The molecule has 120 valence electrons. The third-order valence-corrected chi connectivity index (χ3v) is 4.18. The average molecular weight is 356 g/mol. The number of unbranched alkanes of at least 4 members (excludes halogenated alkanes) is 1. The fraction of sp³-hybridized carbons (Fsp3) is 0.611. The monoisotopic (exact) mass is 355 g/mol. The molecule has 0 bridgehead atoms. The van der Waals surface area contributed by atoms with Gasteiger partial charge in [-0.3, -0.25) is 0 Å². The van der Waals surface area contributed by atoms with Crippen molar-refractivity contribution in [2.75, 3.05) is 20.6 Å².